The molecule has 0 spiro atoms. The summed E-state index contributed by atoms with van der Waals surface area (Å²) in [4.78, 5) is 45.5. The molecule has 1 saturated heterocycles. The van der Waals surface area contributed by atoms with Gasteiger partial charge in [-0.15, -0.1) is 0 Å². The molecule has 0 aliphatic carbocycles. The van der Waals surface area contributed by atoms with Crippen molar-refractivity contribution in [2.24, 2.45) is 0 Å². The predicted octanol–water partition coefficient (Wildman–Crippen LogP) is 7.54. The topological polar surface area (TPSA) is 90.7 Å². The van der Waals surface area contributed by atoms with Crippen molar-refractivity contribution in [2.45, 2.75) is 59.1 Å². The molecule has 1 unspecified atom stereocenters. The fraction of sp³-hybridized carbons (Fsp3) is 0.282. The number of methoxy groups -OCH3 is 1. The Balaban J connectivity index is 1.26. The standard InChI is InChI=1S/C39H41N3O5/c1-25-23-41(24-40-25)34-19-10-28(22-35(34)46-7)21-33-9-8-20-42(37(33)44)27(3)30-13-17-32(18-14-30)36(43)31-15-11-29(12-16-31)26(2)38(45)47-39(4,5)6/h10-19,21-24,27H,2,8-9,20H2,1,3-7H3/b33-21+. The number of esters is 1. The van der Waals surface area contributed by atoms with Gasteiger partial charge in [0.15, 0.2) is 5.78 Å². The Hall–Kier alpha value is -5.24. The van der Waals surface area contributed by atoms with Crippen LogP contribution in [0.4, 0.5) is 0 Å². The van der Waals surface area contributed by atoms with Crippen LogP contribution in [0.5, 0.6) is 5.75 Å². The summed E-state index contributed by atoms with van der Waals surface area (Å²) in [5.74, 6) is 0.0708. The van der Waals surface area contributed by atoms with Gasteiger partial charge in [-0.05, 0) is 82.4 Å². The van der Waals surface area contributed by atoms with E-state index in [1.807, 2.05) is 65.9 Å². The van der Waals surface area contributed by atoms with Crippen LogP contribution in [-0.4, -0.2) is 51.4 Å². The molecule has 1 fully saturated rings. The van der Waals surface area contributed by atoms with Crippen LogP contribution in [0.25, 0.3) is 17.3 Å². The fourth-order valence-corrected chi connectivity index (χ4v) is 5.63. The monoisotopic (exact) mass is 631 g/mol. The Labute approximate surface area is 276 Å². The zero-order valence-electron chi connectivity index (χ0n) is 27.9. The second-order valence-corrected chi connectivity index (χ2v) is 12.8. The molecular weight excluding hydrogens is 590 g/mol. The molecule has 1 aromatic heterocycles. The maximum atomic E-state index is 13.7. The number of hydrogen-bond donors (Lipinski definition) is 0. The van der Waals surface area contributed by atoms with Crippen LogP contribution < -0.4 is 4.74 Å². The summed E-state index contributed by atoms with van der Waals surface area (Å²) in [6, 6.07) is 19.9. The Bertz CT molecular complexity index is 1840. The third kappa shape index (κ3) is 7.60. The van der Waals surface area contributed by atoms with Crippen molar-refractivity contribution < 1.29 is 23.9 Å². The smallest absolute Gasteiger partial charge is 0.338 e. The number of ketones is 1. The van der Waals surface area contributed by atoms with Crippen LogP contribution in [-0.2, 0) is 14.3 Å². The van der Waals surface area contributed by atoms with Crippen LogP contribution in [0.15, 0.2) is 91.4 Å². The van der Waals surface area contributed by atoms with Gasteiger partial charge in [0.2, 0.25) is 5.91 Å². The lowest BCUT2D eigenvalue weighted by molar-refractivity contribution is -0.147. The van der Waals surface area contributed by atoms with E-state index in [-0.39, 0.29) is 23.3 Å². The number of rotatable bonds is 9. The van der Waals surface area contributed by atoms with Gasteiger partial charge in [-0.25, -0.2) is 9.78 Å². The van der Waals surface area contributed by atoms with E-state index < -0.39 is 11.6 Å². The minimum Gasteiger partial charge on any atom is -0.495 e. The predicted molar refractivity (Wildman–Crippen MR) is 183 cm³/mol. The largest absolute Gasteiger partial charge is 0.495 e. The van der Waals surface area contributed by atoms with Crippen molar-refractivity contribution in [1.82, 2.24) is 14.5 Å². The molecule has 5 rings (SSSR count). The number of benzene rings is 3. The van der Waals surface area contributed by atoms with Gasteiger partial charge in [-0.2, -0.15) is 0 Å². The van der Waals surface area contributed by atoms with E-state index in [9.17, 15) is 14.4 Å². The minimum atomic E-state index is -0.622. The Kier molecular flexibility index (Phi) is 9.61. The molecule has 1 aliphatic rings. The first-order valence-corrected chi connectivity index (χ1v) is 15.7. The number of carbonyl (C=O) groups excluding carboxylic acids is 3. The third-order valence-electron chi connectivity index (χ3n) is 8.18. The molecule has 242 valence electrons. The summed E-state index contributed by atoms with van der Waals surface area (Å²) in [6.45, 7) is 13.9. The van der Waals surface area contributed by atoms with Gasteiger partial charge in [0.1, 0.15) is 11.4 Å². The van der Waals surface area contributed by atoms with E-state index in [0.29, 0.717) is 35.4 Å². The second kappa shape index (κ2) is 13.6. The van der Waals surface area contributed by atoms with Gasteiger partial charge in [-0.3, -0.25) is 9.59 Å². The summed E-state index contributed by atoms with van der Waals surface area (Å²) in [5.41, 5.74) is 5.63. The molecule has 1 aliphatic heterocycles. The van der Waals surface area contributed by atoms with Crippen molar-refractivity contribution in [3.63, 3.8) is 0 Å². The normalized spacial score (nSPS) is 15.0. The summed E-state index contributed by atoms with van der Waals surface area (Å²) in [6.07, 6.45) is 7.20. The average Bonchev–Trinajstić information content (AvgIpc) is 3.49. The maximum absolute atomic E-state index is 13.7. The number of imidazole rings is 1. The Morgan fingerprint density at radius 2 is 1.62 bits per heavy atom. The lowest BCUT2D eigenvalue weighted by atomic mass is 9.95. The van der Waals surface area contributed by atoms with Crippen LogP contribution in [0, 0.1) is 6.92 Å². The van der Waals surface area contributed by atoms with E-state index in [4.69, 9.17) is 9.47 Å². The summed E-state index contributed by atoms with van der Waals surface area (Å²) in [7, 11) is 1.63. The van der Waals surface area contributed by atoms with E-state index in [0.717, 1.165) is 34.5 Å². The van der Waals surface area contributed by atoms with Crippen molar-refractivity contribution in [3.05, 3.63) is 125 Å². The van der Waals surface area contributed by atoms with E-state index in [1.165, 1.54) is 0 Å². The van der Waals surface area contributed by atoms with Gasteiger partial charge in [0.25, 0.3) is 0 Å². The highest BCUT2D eigenvalue weighted by Gasteiger charge is 2.28. The highest BCUT2D eigenvalue weighted by molar-refractivity contribution is 6.16. The summed E-state index contributed by atoms with van der Waals surface area (Å²) >= 11 is 0. The molecule has 0 bridgehead atoms. The molecular formula is C39H41N3O5. The lowest BCUT2D eigenvalue weighted by Crippen LogP contribution is -2.38. The number of aryl methyl sites for hydroxylation is 1. The summed E-state index contributed by atoms with van der Waals surface area (Å²) in [5, 5.41) is 0. The average molecular weight is 632 g/mol. The van der Waals surface area contributed by atoms with Crippen LogP contribution in [0.1, 0.15) is 84.9 Å². The van der Waals surface area contributed by atoms with Crippen molar-refractivity contribution in [3.8, 4) is 11.4 Å². The molecule has 8 heteroatoms. The lowest BCUT2D eigenvalue weighted by Gasteiger charge is -2.34. The quantitative estimate of drug-likeness (QED) is 0.108. The highest BCUT2D eigenvalue weighted by Crippen LogP contribution is 2.31. The zero-order valence-corrected chi connectivity index (χ0v) is 27.9. The van der Waals surface area contributed by atoms with Crippen molar-refractivity contribution >= 4 is 29.3 Å². The Morgan fingerprint density at radius 1 is 0.979 bits per heavy atom. The van der Waals surface area contributed by atoms with Crippen LogP contribution in [0.3, 0.4) is 0 Å². The first kappa shape index (κ1) is 33.1. The fourth-order valence-electron chi connectivity index (χ4n) is 5.63. The molecule has 1 amide bonds. The van der Waals surface area contributed by atoms with E-state index in [2.05, 4.69) is 11.6 Å². The summed E-state index contributed by atoms with van der Waals surface area (Å²) < 4.78 is 13.0. The van der Waals surface area contributed by atoms with E-state index in [1.54, 1.807) is 70.6 Å². The molecule has 2 heterocycles. The molecule has 3 aromatic carbocycles. The maximum Gasteiger partial charge on any atom is 0.338 e. The molecule has 0 saturated carbocycles. The molecule has 0 N–H and O–H groups in total. The van der Waals surface area contributed by atoms with Crippen LogP contribution in [0.2, 0.25) is 0 Å². The highest BCUT2D eigenvalue weighted by atomic mass is 16.6. The second-order valence-electron chi connectivity index (χ2n) is 12.8. The number of likely N-dealkylation sites (tertiary alicyclic amines) is 1. The van der Waals surface area contributed by atoms with Gasteiger partial charge < -0.3 is 18.9 Å². The van der Waals surface area contributed by atoms with E-state index >= 15 is 0 Å². The molecule has 1 atom stereocenters. The van der Waals surface area contributed by atoms with Gasteiger partial charge in [0, 0.05) is 29.4 Å². The number of hydrogen-bond acceptors (Lipinski definition) is 6. The van der Waals surface area contributed by atoms with Gasteiger partial charge in [0.05, 0.1) is 36.4 Å². The molecule has 4 aromatic rings. The van der Waals surface area contributed by atoms with Crippen LogP contribution >= 0.6 is 0 Å². The SMILES string of the molecule is C=C(C(=O)OC(C)(C)C)c1ccc(C(=O)c2ccc(C(C)N3CCC/C(=C\c4ccc(-n5cnc(C)c5)c(OC)c4)C3=O)cc2)cc1. The van der Waals surface area contributed by atoms with Gasteiger partial charge >= 0.3 is 5.97 Å². The van der Waals surface area contributed by atoms with Gasteiger partial charge in [-0.1, -0.05) is 61.2 Å². The number of ether oxygens (including phenoxy) is 2. The van der Waals surface area contributed by atoms with Crippen molar-refractivity contribution in [1.29, 1.82) is 0 Å². The number of amides is 1. The molecule has 0 radical (unpaired) electrons. The molecule has 8 nitrogen and oxygen atoms in total. The minimum absolute atomic E-state index is 0.00485. The Morgan fingerprint density at radius 3 is 2.21 bits per heavy atom. The van der Waals surface area contributed by atoms with Crippen molar-refractivity contribution in [2.75, 3.05) is 13.7 Å². The number of nitrogens with zero attached hydrogens (tertiary/aromatic N) is 3. The molecule has 47 heavy (non-hydrogen) atoms. The first-order chi connectivity index (χ1) is 22.3. The number of carbonyl (C=O) groups is 3. The third-order valence-corrected chi connectivity index (χ3v) is 8.18. The number of aromatic nitrogens is 2. The first-order valence-electron chi connectivity index (χ1n) is 15.7. The number of piperidine rings is 1. The zero-order chi connectivity index (χ0) is 33.9.